The standard InChI is InChI=1S/C48H68O6/c1-7-13-19-25-49-43-31-37-38(32-44(43)50-26-20-14-8-2)40-34-46(52-28-22-16-10-4)48(54-30-24-18-12-6)36-42(40)41-35-47(53-29-23-17-11-5)45(33-39(37)41)51-27-21-15-9-3/h1,31-36H,8-30H2,2-6H3. The Kier molecular flexibility index (Phi) is 19.3. The Morgan fingerprint density at radius 2 is 0.537 bits per heavy atom. The number of rotatable bonds is 29. The summed E-state index contributed by atoms with van der Waals surface area (Å²) < 4.78 is 39.1. The molecule has 0 N–H and O–H groups in total. The van der Waals surface area contributed by atoms with Crippen LogP contribution in [0.3, 0.4) is 0 Å². The zero-order valence-corrected chi connectivity index (χ0v) is 34.3. The van der Waals surface area contributed by atoms with Gasteiger partial charge in [0.2, 0.25) is 0 Å². The molecule has 4 aromatic carbocycles. The average Bonchev–Trinajstić information content (AvgIpc) is 3.19. The van der Waals surface area contributed by atoms with Gasteiger partial charge < -0.3 is 28.4 Å². The van der Waals surface area contributed by atoms with Crippen LogP contribution in [0.4, 0.5) is 0 Å². The lowest BCUT2D eigenvalue weighted by Gasteiger charge is -2.20. The van der Waals surface area contributed by atoms with E-state index in [1.54, 1.807) is 0 Å². The number of ether oxygens (including phenoxy) is 6. The first-order valence-corrected chi connectivity index (χ1v) is 21.3. The molecule has 4 rings (SSSR count). The Morgan fingerprint density at radius 1 is 0.333 bits per heavy atom. The molecule has 296 valence electrons. The van der Waals surface area contributed by atoms with Gasteiger partial charge in [-0.15, -0.1) is 12.3 Å². The van der Waals surface area contributed by atoms with Crippen LogP contribution in [-0.2, 0) is 0 Å². The SMILES string of the molecule is C#CCCCOc1cc2c(cc1OCCCCC)c1cc(OCCCCC)c(OCCCCC)cc1c1cc(OCCCCC)c(OCCCCC)cc21. The van der Waals surface area contributed by atoms with Crippen LogP contribution in [0.5, 0.6) is 34.5 Å². The first kappa shape index (κ1) is 42.8. The molecule has 54 heavy (non-hydrogen) atoms. The summed E-state index contributed by atoms with van der Waals surface area (Å²) in [4.78, 5) is 0. The first-order chi connectivity index (χ1) is 26.6. The van der Waals surface area contributed by atoms with Gasteiger partial charge in [0.15, 0.2) is 34.5 Å². The summed E-state index contributed by atoms with van der Waals surface area (Å²) in [7, 11) is 0. The highest BCUT2D eigenvalue weighted by molar-refractivity contribution is 6.26. The summed E-state index contributed by atoms with van der Waals surface area (Å²) >= 11 is 0. The summed E-state index contributed by atoms with van der Waals surface area (Å²) in [5, 5.41) is 6.45. The maximum atomic E-state index is 6.53. The minimum absolute atomic E-state index is 0.516. The molecular weight excluding hydrogens is 673 g/mol. The van der Waals surface area contributed by atoms with E-state index in [-0.39, 0.29) is 0 Å². The third kappa shape index (κ3) is 12.5. The lowest BCUT2D eigenvalue weighted by Crippen LogP contribution is -2.05. The van der Waals surface area contributed by atoms with Gasteiger partial charge in [-0.25, -0.2) is 0 Å². The van der Waals surface area contributed by atoms with E-state index >= 15 is 0 Å². The molecule has 0 radical (unpaired) electrons. The van der Waals surface area contributed by atoms with Crippen LogP contribution in [0.2, 0.25) is 0 Å². The van der Waals surface area contributed by atoms with Gasteiger partial charge >= 0.3 is 0 Å². The van der Waals surface area contributed by atoms with Crippen LogP contribution in [-0.4, -0.2) is 39.6 Å². The number of fused-ring (bicyclic) bond motifs is 6. The molecule has 0 saturated heterocycles. The van der Waals surface area contributed by atoms with Gasteiger partial charge in [-0.3, -0.25) is 0 Å². The van der Waals surface area contributed by atoms with Crippen LogP contribution in [0.15, 0.2) is 36.4 Å². The lowest BCUT2D eigenvalue weighted by atomic mass is 9.93. The Hall–Kier alpha value is -3.98. The van der Waals surface area contributed by atoms with Crippen molar-refractivity contribution in [2.24, 2.45) is 0 Å². The molecule has 0 heterocycles. The second-order valence-electron chi connectivity index (χ2n) is 14.5. The van der Waals surface area contributed by atoms with Crippen LogP contribution in [0, 0.1) is 12.3 Å². The molecule has 0 atom stereocenters. The van der Waals surface area contributed by atoms with Gasteiger partial charge in [-0.05, 0) is 107 Å². The van der Waals surface area contributed by atoms with Gasteiger partial charge in [0, 0.05) is 6.42 Å². The van der Waals surface area contributed by atoms with Crippen molar-refractivity contribution < 1.29 is 28.4 Å². The molecule has 0 fully saturated rings. The van der Waals surface area contributed by atoms with Crippen molar-refractivity contribution in [2.75, 3.05) is 39.6 Å². The molecule has 0 amide bonds. The van der Waals surface area contributed by atoms with Crippen molar-refractivity contribution in [3.8, 4) is 46.8 Å². The Morgan fingerprint density at radius 3 is 0.722 bits per heavy atom. The number of benzene rings is 4. The largest absolute Gasteiger partial charge is 0.490 e. The highest BCUT2D eigenvalue weighted by Gasteiger charge is 2.20. The second kappa shape index (κ2) is 24.4. The average molecular weight is 741 g/mol. The summed E-state index contributed by atoms with van der Waals surface area (Å²) in [6, 6.07) is 13.1. The monoisotopic (exact) mass is 741 g/mol. The van der Waals surface area contributed by atoms with Crippen LogP contribution in [0.25, 0.3) is 32.3 Å². The van der Waals surface area contributed by atoms with E-state index in [9.17, 15) is 0 Å². The highest BCUT2D eigenvalue weighted by Crippen LogP contribution is 2.47. The molecule has 6 heteroatoms. The van der Waals surface area contributed by atoms with E-state index in [1.165, 1.54) is 0 Å². The predicted octanol–water partition coefficient (Wildman–Crippen LogP) is 13.8. The van der Waals surface area contributed by atoms with Crippen LogP contribution in [0.1, 0.15) is 144 Å². The quantitative estimate of drug-likeness (QED) is 0.0314. The number of terminal acetylenes is 1. The molecule has 4 aromatic rings. The summed E-state index contributed by atoms with van der Waals surface area (Å²) in [6.07, 6.45) is 23.3. The van der Waals surface area contributed by atoms with E-state index in [0.29, 0.717) is 46.1 Å². The fourth-order valence-corrected chi connectivity index (χ4v) is 6.72. The van der Waals surface area contributed by atoms with Gasteiger partial charge in [0.25, 0.3) is 0 Å². The smallest absolute Gasteiger partial charge is 0.161 e. The maximum absolute atomic E-state index is 6.53. The van der Waals surface area contributed by atoms with E-state index in [4.69, 9.17) is 34.8 Å². The minimum Gasteiger partial charge on any atom is -0.490 e. The van der Waals surface area contributed by atoms with Crippen molar-refractivity contribution >= 4 is 32.3 Å². The lowest BCUT2D eigenvalue weighted by molar-refractivity contribution is 0.260. The van der Waals surface area contributed by atoms with Crippen molar-refractivity contribution in [1.82, 2.24) is 0 Å². The molecule has 0 unspecified atom stereocenters. The molecule has 0 bridgehead atoms. The van der Waals surface area contributed by atoms with Crippen LogP contribution >= 0.6 is 0 Å². The van der Waals surface area contributed by atoms with Crippen molar-refractivity contribution in [1.29, 1.82) is 0 Å². The van der Waals surface area contributed by atoms with Gasteiger partial charge in [0.1, 0.15) is 0 Å². The van der Waals surface area contributed by atoms with E-state index in [1.807, 2.05) is 0 Å². The number of hydrogen-bond donors (Lipinski definition) is 0. The molecule has 0 aliphatic carbocycles. The predicted molar refractivity (Wildman–Crippen MR) is 228 cm³/mol. The summed E-state index contributed by atoms with van der Waals surface area (Å²) in [5.74, 6) is 7.34. The van der Waals surface area contributed by atoms with Gasteiger partial charge in [0.05, 0.1) is 39.6 Å². The van der Waals surface area contributed by atoms with Gasteiger partial charge in [-0.1, -0.05) is 98.8 Å². The van der Waals surface area contributed by atoms with E-state index in [2.05, 4.69) is 76.9 Å². The minimum atomic E-state index is 0.516. The normalized spacial score (nSPS) is 11.3. The fourth-order valence-electron chi connectivity index (χ4n) is 6.72. The molecule has 0 saturated carbocycles. The number of unbranched alkanes of at least 4 members (excludes halogenated alkanes) is 11. The molecule has 0 aliphatic rings. The molecule has 6 nitrogen and oxygen atoms in total. The van der Waals surface area contributed by atoms with Crippen LogP contribution < -0.4 is 28.4 Å². The first-order valence-electron chi connectivity index (χ1n) is 21.3. The third-order valence-corrected chi connectivity index (χ3v) is 9.87. The molecule has 0 aliphatic heterocycles. The molecule has 0 aromatic heterocycles. The third-order valence-electron chi connectivity index (χ3n) is 9.87. The van der Waals surface area contributed by atoms with Gasteiger partial charge in [-0.2, -0.15) is 0 Å². The van der Waals surface area contributed by atoms with Crippen molar-refractivity contribution in [2.45, 2.75) is 144 Å². The van der Waals surface area contributed by atoms with Crippen molar-refractivity contribution in [3.63, 3.8) is 0 Å². The topological polar surface area (TPSA) is 55.4 Å². The molecular formula is C48H68O6. The zero-order chi connectivity index (χ0) is 38.4. The highest BCUT2D eigenvalue weighted by atomic mass is 16.5. The molecule has 0 spiro atoms. The fraction of sp³-hybridized carbons (Fsp3) is 0.583. The second-order valence-corrected chi connectivity index (χ2v) is 14.5. The maximum Gasteiger partial charge on any atom is 0.161 e. The Balaban J connectivity index is 2.00. The van der Waals surface area contributed by atoms with E-state index in [0.717, 1.165) is 170 Å². The Bertz CT molecular complexity index is 1690. The van der Waals surface area contributed by atoms with Crippen molar-refractivity contribution in [3.05, 3.63) is 36.4 Å². The zero-order valence-electron chi connectivity index (χ0n) is 34.3. The summed E-state index contributed by atoms with van der Waals surface area (Å²) in [5.41, 5.74) is 0. The number of hydrogen-bond acceptors (Lipinski definition) is 6. The van der Waals surface area contributed by atoms with E-state index < -0.39 is 0 Å². The summed E-state index contributed by atoms with van der Waals surface area (Å²) in [6.45, 7) is 14.8. The Labute approximate surface area is 326 Å².